The Morgan fingerprint density at radius 3 is 2.33 bits per heavy atom. The van der Waals surface area contributed by atoms with Crippen LogP contribution in [0.1, 0.15) is 5.56 Å². The maximum Gasteiger partial charge on any atom is 0.264 e. The minimum Gasteiger partial charge on any atom is -0.398 e. The molecule has 2 rings (SSSR count). The minimum absolute atomic E-state index is 0.112. The number of nitrogens with two attached hydrogens (primary N) is 1. The van der Waals surface area contributed by atoms with E-state index in [2.05, 4.69) is 15.9 Å². The first-order valence-corrected chi connectivity index (χ1v) is 8.27. The molecule has 7 heteroatoms. The number of rotatable bonds is 3. The van der Waals surface area contributed by atoms with Crippen molar-refractivity contribution in [3.05, 3.63) is 52.3 Å². The monoisotopic (exact) mass is 372 g/mol. The first kappa shape index (κ1) is 15.8. The van der Waals surface area contributed by atoms with E-state index < -0.39 is 15.8 Å². The molecular weight excluding hydrogens is 359 g/mol. The Bertz CT molecular complexity index is 776. The van der Waals surface area contributed by atoms with Crippen LogP contribution in [0.3, 0.4) is 0 Å². The van der Waals surface area contributed by atoms with Gasteiger partial charge in [0, 0.05) is 17.2 Å². The van der Waals surface area contributed by atoms with Gasteiger partial charge in [-0.05, 0) is 48.9 Å². The van der Waals surface area contributed by atoms with Gasteiger partial charge in [-0.25, -0.2) is 12.8 Å². The molecule has 112 valence electrons. The normalized spacial score (nSPS) is 11.4. The highest BCUT2D eigenvalue weighted by Crippen LogP contribution is 2.30. The zero-order valence-electron chi connectivity index (χ0n) is 11.5. The lowest BCUT2D eigenvalue weighted by Crippen LogP contribution is -2.27. The van der Waals surface area contributed by atoms with E-state index in [1.54, 1.807) is 13.0 Å². The molecule has 0 spiro atoms. The van der Waals surface area contributed by atoms with Gasteiger partial charge in [0.25, 0.3) is 10.0 Å². The van der Waals surface area contributed by atoms with Crippen LogP contribution in [-0.2, 0) is 10.0 Å². The highest BCUT2D eigenvalue weighted by molar-refractivity contribution is 9.10. The Morgan fingerprint density at radius 2 is 1.76 bits per heavy atom. The van der Waals surface area contributed by atoms with Crippen LogP contribution in [0.4, 0.5) is 15.8 Å². The van der Waals surface area contributed by atoms with E-state index in [1.165, 1.54) is 37.4 Å². The predicted molar refractivity (Wildman–Crippen MR) is 85.3 cm³/mol. The quantitative estimate of drug-likeness (QED) is 0.840. The number of nitrogens with zero attached hydrogens (tertiary/aromatic N) is 1. The average Bonchev–Trinajstić information content (AvgIpc) is 2.42. The molecule has 21 heavy (non-hydrogen) atoms. The topological polar surface area (TPSA) is 63.4 Å². The highest BCUT2D eigenvalue weighted by Gasteiger charge is 2.24. The van der Waals surface area contributed by atoms with Gasteiger partial charge < -0.3 is 5.73 Å². The molecule has 0 atom stereocenters. The lowest BCUT2D eigenvalue weighted by molar-refractivity contribution is 0.593. The van der Waals surface area contributed by atoms with Crippen LogP contribution in [0.25, 0.3) is 0 Å². The molecule has 0 aliphatic carbocycles. The second-order valence-corrected chi connectivity index (χ2v) is 7.42. The summed E-state index contributed by atoms with van der Waals surface area (Å²) in [6, 6.07) is 8.38. The summed E-state index contributed by atoms with van der Waals surface area (Å²) in [6.45, 7) is 1.65. The molecule has 2 aromatic carbocycles. The third kappa shape index (κ3) is 3.03. The van der Waals surface area contributed by atoms with Gasteiger partial charge in [0.2, 0.25) is 0 Å². The van der Waals surface area contributed by atoms with Gasteiger partial charge in [-0.2, -0.15) is 0 Å². The largest absolute Gasteiger partial charge is 0.398 e. The summed E-state index contributed by atoms with van der Waals surface area (Å²) in [4.78, 5) is 0.112. The SMILES string of the molecule is Cc1c(N)cc(Br)cc1S(=O)(=O)N(C)c1ccc(F)cc1. The molecule has 0 heterocycles. The van der Waals surface area contributed by atoms with Gasteiger partial charge in [0.05, 0.1) is 10.6 Å². The van der Waals surface area contributed by atoms with Crippen LogP contribution in [0.5, 0.6) is 0 Å². The molecule has 0 fully saturated rings. The molecule has 0 amide bonds. The van der Waals surface area contributed by atoms with E-state index in [0.29, 0.717) is 21.4 Å². The number of sulfonamides is 1. The van der Waals surface area contributed by atoms with Crippen LogP contribution >= 0.6 is 15.9 Å². The second-order valence-electron chi connectivity index (χ2n) is 4.57. The highest BCUT2D eigenvalue weighted by atomic mass is 79.9. The van der Waals surface area contributed by atoms with Crippen LogP contribution < -0.4 is 10.0 Å². The molecule has 0 unspecified atom stereocenters. The van der Waals surface area contributed by atoms with Crippen LogP contribution in [0.15, 0.2) is 45.8 Å². The van der Waals surface area contributed by atoms with Crippen molar-refractivity contribution in [2.45, 2.75) is 11.8 Å². The maximum atomic E-state index is 12.9. The third-order valence-electron chi connectivity index (χ3n) is 3.19. The van der Waals surface area contributed by atoms with E-state index in [0.717, 1.165) is 4.31 Å². The van der Waals surface area contributed by atoms with E-state index in [-0.39, 0.29) is 4.90 Å². The fourth-order valence-electron chi connectivity index (χ4n) is 1.88. The van der Waals surface area contributed by atoms with Crippen molar-refractivity contribution >= 4 is 37.3 Å². The standard InChI is InChI=1S/C14H14BrFN2O2S/c1-9-13(17)7-10(15)8-14(9)21(19,20)18(2)12-5-3-11(16)4-6-12/h3-8H,17H2,1-2H3. The fourth-order valence-corrected chi connectivity index (χ4v) is 3.98. The van der Waals surface area contributed by atoms with Crippen LogP contribution in [-0.4, -0.2) is 15.5 Å². The summed E-state index contributed by atoms with van der Waals surface area (Å²) in [5.74, 6) is -0.424. The summed E-state index contributed by atoms with van der Waals surface area (Å²) >= 11 is 3.24. The zero-order valence-corrected chi connectivity index (χ0v) is 13.9. The number of hydrogen-bond acceptors (Lipinski definition) is 3. The van der Waals surface area contributed by atoms with Crippen molar-refractivity contribution in [2.75, 3.05) is 17.1 Å². The van der Waals surface area contributed by atoms with E-state index in [9.17, 15) is 12.8 Å². The van der Waals surface area contributed by atoms with E-state index in [1.807, 2.05) is 0 Å². The summed E-state index contributed by atoms with van der Waals surface area (Å²) in [6.07, 6.45) is 0. The van der Waals surface area contributed by atoms with Gasteiger partial charge in [0.15, 0.2) is 0 Å². The smallest absolute Gasteiger partial charge is 0.264 e. The first-order chi connectivity index (χ1) is 9.73. The van der Waals surface area contributed by atoms with Crippen molar-refractivity contribution in [1.82, 2.24) is 0 Å². The summed E-state index contributed by atoms with van der Waals surface area (Å²) < 4.78 is 40.0. The first-order valence-electron chi connectivity index (χ1n) is 6.03. The Morgan fingerprint density at radius 1 is 1.19 bits per heavy atom. The second kappa shape index (κ2) is 5.65. The Balaban J connectivity index is 2.54. The van der Waals surface area contributed by atoms with Gasteiger partial charge in [-0.3, -0.25) is 4.31 Å². The predicted octanol–water partition coefficient (Wildman–Crippen LogP) is 3.30. The third-order valence-corrected chi connectivity index (χ3v) is 5.56. The number of nitrogen functional groups attached to an aromatic ring is 1. The summed E-state index contributed by atoms with van der Waals surface area (Å²) in [5, 5.41) is 0. The van der Waals surface area contributed by atoms with Gasteiger partial charge in [0.1, 0.15) is 5.82 Å². The molecule has 0 aliphatic rings. The molecule has 0 radical (unpaired) electrons. The molecule has 0 bridgehead atoms. The lowest BCUT2D eigenvalue weighted by Gasteiger charge is -2.21. The average molecular weight is 373 g/mol. The van der Waals surface area contributed by atoms with Crippen molar-refractivity contribution in [2.24, 2.45) is 0 Å². The molecule has 0 saturated carbocycles. The van der Waals surface area contributed by atoms with Crippen molar-refractivity contribution in [3.63, 3.8) is 0 Å². The Hall–Kier alpha value is -1.60. The van der Waals surface area contributed by atoms with Gasteiger partial charge in [-0.15, -0.1) is 0 Å². The molecule has 0 aromatic heterocycles. The number of halogens is 2. The summed E-state index contributed by atoms with van der Waals surface area (Å²) in [5.41, 5.74) is 7.05. The Kier molecular flexibility index (Phi) is 4.25. The van der Waals surface area contributed by atoms with Crippen molar-refractivity contribution in [1.29, 1.82) is 0 Å². The fraction of sp³-hybridized carbons (Fsp3) is 0.143. The zero-order chi connectivity index (χ0) is 15.8. The lowest BCUT2D eigenvalue weighted by atomic mass is 10.2. The number of benzene rings is 2. The molecule has 2 aromatic rings. The minimum atomic E-state index is -3.78. The van der Waals surface area contributed by atoms with Crippen LogP contribution in [0.2, 0.25) is 0 Å². The number of hydrogen-bond donors (Lipinski definition) is 1. The molecule has 0 saturated heterocycles. The summed E-state index contributed by atoms with van der Waals surface area (Å²) in [7, 11) is -2.36. The molecule has 4 nitrogen and oxygen atoms in total. The van der Waals surface area contributed by atoms with Gasteiger partial charge in [-0.1, -0.05) is 15.9 Å². The molecule has 0 aliphatic heterocycles. The Labute approximate surface area is 131 Å². The van der Waals surface area contributed by atoms with E-state index >= 15 is 0 Å². The van der Waals surface area contributed by atoms with Gasteiger partial charge >= 0.3 is 0 Å². The molecular formula is C14H14BrFN2O2S. The van der Waals surface area contributed by atoms with Crippen molar-refractivity contribution < 1.29 is 12.8 Å². The van der Waals surface area contributed by atoms with E-state index in [4.69, 9.17) is 5.73 Å². The molecule has 2 N–H and O–H groups in total. The maximum absolute atomic E-state index is 12.9. The number of anilines is 2. The van der Waals surface area contributed by atoms with Crippen molar-refractivity contribution in [3.8, 4) is 0 Å². The van der Waals surface area contributed by atoms with Crippen LogP contribution in [0, 0.1) is 12.7 Å².